The van der Waals surface area contributed by atoms with Gasteiger partial charge in [-0.25, -0.2) is 9.55 Å². The first-order chi connectivity index (χ1) is 6.61. The van der Waals surface area contributed by atoms with Gasteiger partial charge in [0.25, 0.3) is 0 Å². The van der Waals surface area contributed by atoms with Crippen LogP contribution in [0.3, 0.4) is 0 Å². The maximum Gasteiger partial charge on any atom is 0.302 e. The average molecular weight is 192 g/mol. The molecule has 0 aliphatic carbocycles. The van der Waals surface area contributed by atoms with Crippen LogP contribution >= 0.6 is 0 Å². The summed E-state index contributed by atoms with van der Waals surface area (Å²) in [6.45, 7) is 4.00. The molecule has 1 N–H and O–H groups in total. The number of nitrogens with one attached hydrogen (secondary N) is 1. The first kappa shape index (κ1) is 8.99. The minimum Gasteiger partial charge on any atom is -0.309 e. The summed E-state index contributed by atoms with van der Waals surface area (Å²) < 4.78 is 3.55. The highest BCUT2D eigenvalue weighted by Gasteiger charge is 2.13. The van der Waals surface area contributed by atoms with Crippen LogP contribution in [0.1, 0.15) is 19.9 Å². The third-order valence-electron chi connectivity index (χ3n) is 2.42. The lowest BCUT2D eigenvalue weighted by atomic mass is 10.3. The lowest BCUT2D eigenvalue weighted by molar-refractivity contribution is -0.645. The summed E-state index contributed by atoms with van der Waals surface area (Å²) in [4.78, 5) is 15.0. The molecule has 2 aromatic heterocycles. The van der Waals surface area contributed by atoms with Crippen LogP contribution in [0, 0.1) is 0 Å². The van der Waals surface area contributed by atoms with Crippen molar-refractivity contribution in [1.29, 1.82) is 0 Å². The van der Waals surface area contributed by atoms with Gasteiger partial charge in [0.05, 0.1) is 7.05 Å². The van der Waals surface area contributed by atoms with E-state index in [9.17, 15) is 4.79 Å². The highest BCUT2D eigenvalue weighted by atomic mass is 16.1. The summed E-state index contributed by atoms with van der Waals surface area (Å²) in [6, 6.07) is 2.12. The number of fused-ring (bicyclic) bond motifs is 1. The number of H-pyrrole nitrogens is 1. The monoisotopic (exact) mass is 192 g/mol. The molecule has 0 aliphatic heterocycles. The number of pyridine rings is 1. The van der Waals surface area contributed by atoms with E-state index in [1.54, 1.807) is 10.9 Å². The second-order valence-electron chi connectivity index (χ2n) is 3.77. The van der Waals surface area contributed by atoms with Crippen molar-refractivity contribution in [2.75, 3.05) is 0 Å². The summed E-state index contributed by atoms with van der Waals surface area (Å²) in [5.41, 5.74) is 1.66. The van der Waals surface area contributed by atoms with E-state index in [2.05, 4.69) is 4.98 Å². The maximum absolute atomic E-state index is 12.0. The molecule has 4 heteroatoms. The van der Waals surface area contributed by atoms with Gasteiger partial charge < -0.3 is 4.57 Å². The van der Waals surface area contributed by atoms with Gasteiger partial charge in [-0.3, -0.25) is 4.79 Å². The molecule has 0 aromatic carbocycles. The minimum atomic E-state index is 0.0567. The zero-order valence-electron chi connectivity index (χ0n) is 8.61. The van der Waals surface area contributed by atoms with Gasteiger partial charge in [-0.05, 0) is 13.8 Å². The Labute approximate surface area is 81.8 Å². The minimum absolute atomic E-state index is 0.0567. The average Bonchev–Trinajstić information content (AvgIpc) is 2.48. The lowest BCUT2D eigenvalue weighted by Gasteiger charge is -2.07. The van der Waals surface area contributed by atoms with Crippen molar-refractivity contribution in [2.45, 2.75) is 19.9 Å². The zero-order chi connectivity index (χ0) is 10.3. The summed E-state index contributed by atoms with van der Waals surface area (Å²) in [6.07, 6.45) is 3.61. The van der Waals surface area contributed by atoms with Crippen LogP contribution in [0.5, 0.6) is 0 Å². The highest BCUT2D eigenvalue weighted by molar-refractivity contribution is 5.69. The Morgan fingerprint density at radius 1 is 1.50 bits per heavy atom. The summed E-state index contributed by atoms with van der Waals surface area (Å²) >= 11 is 0. The molecule has 4 nitrogen and oxygen atoms in total. The number of imidazole rings is 1. The molecule has 14 heavy (non-hydrogen) atoms. The van der Waals surface area contributed by atoms with Crippen LogP contribution in [0.2, 0.25) is 0 Å². The Morgan fingerprint density at radius 3 is 2.86 bits per heavy atom. The van der Waals surface area contributed by atoms with Gasteiger partial charge in [-0.2, -0.15) is 0 Å². The van der Waals surface area contributed by atoms with Gasteiger partial charge in [0, 0.05) is 18.3 Å². The number of rotatable bonds is 1. The van der Waals surface area contributed by atoms with Crippen molar-refractivity contribution in [2.24, 2.45) is 7.05 Å². The van der Waals surface area contributed by atoms with Crippen LogP contribution in [-0.4, -0.2) is 9.55 Å². The van der Waals surface area contributed by atoms with E-state index < -0.39 is 0 Å². The van der Waals surface area contributed by atoms with Crippen LogP contribution in [0.4, 0.5) is 0 Å². The molecule has 0 bridgehead atoms. The second kappa shape index (κ2) is 2.97. The van der Waals surface area contributed by atoms with Gasteiger partial charge in [0.1, 0.15) is 0 Å². The SMILES string of the molecule is CC(C)n1ccc2[nH]c[n+](C)c2c1=O. The molecule has 0 spiro atoms. The Balaban J connectivity index is 2.86. The van der Waals surface area contributed by atoms with Crippen molar-refractivity contribution >= 4 is 11.0 Å². The molecule has 0 amide bonds. The molecule has 2 aromatic rings. The first-order valence-electron chi connectivity index (χ1n) is 4.69. The van der Waals surface area contributed by atoms with Crippen molar-refractivity contribution < 1.29 is 4.57 Å². The Bertz CT molecular complexity index is 522. The fraction of sp³-hybridized carbons (Fsp3) is 0.400. The summed E-state index contributed by atoms with van der Waals surface area (Å²) in [7, 11) is 1.87. The number of aromatic amines is 1. The van der Waals surface area contributed by atoms with Gasteiger partial charge in [-0.1, -0.05) is 0 Å². The predicted molar refractivity (Wildman–Crippen MR) is 54.1 cm³/mol. The number of nitrogens with zero attached hydrogens (tertiary/aromatic N) is 2. The Hall–Kier alpha value is -1.58. The van der Waals surface area contributed by atoms with Crippen molar-refractivity contribution in [3.63, 3.8) is 0 Å². The second-order valence-corrected chi connectivity index (χ2v) is 3.77. The van der Waals surface area contributed by atoms with Crippen molar-refractivity contribution in [1.82, 2.24) is 9.55 Å². The standard InChI is InChI=1S/C10H13N3O/c1-7(2)13-5-4-8-9(10(13)14)12(3)6-11-8/h4-7H,1-3H3/p+1. The van der Waals surface area contributed by atoms with Crippen molar-refractivity contribution in [3.8, 4) is 0 Å². The molecular weight excluding hydrogens is 178 g/mol. The van der Waals surface area contributed by atoms with Crippen LogP contribution in [-0.2, 0) is 7.05 Å². The topological polar surface area (TPSA) is 41.7 Å². The van der Waals surface area contributed by atoms with E-state index in [1.807, 2.05) is 37.7 Å². The van der Waals surface area contributed by atoms with E-state index in [0.717, 1.165) is 11.0 Å². The first-order valence-corrected chi connectivity index (χ1v) is 4.69. The molecule has 2 heterocycles. The summed E-state index contributed by atoms with van der Waals surface area (Å²) in [5, 5.41) is 0. The highest BCUT2D eigenvalue weighted by Crippen LogP contribution is 2.04. The van der Waals surface area contributed by atoms with Crippen LogP contribution < -0.4 is 10.1 Å². The maximum atomic E-state index is 12.0. The van der Waals surface area contributed by atoms with Crippen LogP contribution in [0.25, 0.3) is 11.0 Å². The molecule has 0 atom stereocenters. The third-order valence-corrected chi connectivity index (χ3v) is 2.42. The molecule has 0 radical (unpaired) electrons. The number of aryl methyl sites for hydroxylation is 1. The Morgan fingerprint density at radius 2 is 2.21 bits per heavy atom. The molecule has 0 aliphatic rings. The number of hydrogen-bond donors (Lipinski definition) is 1. The van der Waals surface area contributed by atoms with E-state index in [-0.39, 0.29) is 11.6 Å². The molecule has 0 saturated heterocycles. The van der Waals surface area contributed by atoms with Gasteiger partial charge >= 0.3 is 5.56 Å². The van der Waals surface area contributed by atoms with E-state index in [4.69, 9.17) is 0 Å². The zero-order valence-corrected chi connectivity index (χ0v) is 8.61. The van der Waals surface area contributed by atoms with Gasteiger partial charge in [-0.15, -0.1) is 0 Å². The molecule has 0 unspecified atom stereocenters. The normalized spacial score (nSPS) is 11.4. The van der Waals surface area contributed by atoms with Crippen LogP contribution in [0.15, 0.2) is 23.4 Å². The van der Waals surface area contributed by atoms with Gasteiger partial charge in [0.15, 0.2) is 5.52 Å². The fourth-order valence-electron chi connectivity index (χ4n) is 1.63. The smallest absolute Gasteiger partial charge is 0.302 e. The molecule has 74 valence electrons. The lowest BCUT2D eigenvalue weighted by Crippen LogP contribution is -2.34. The Kier molecular flexibility index (Phi) is 1.91. The fourth-order valence-corrected chi connectivity index (χ4v) is 1.63. The largest absolute Gasteiger partial charge is 0.309 e. The molecule has 0 fully saturated rings. The van der Waals surface area contributed by atoms with E-state index >= 15 is 0 Å². The predicted octanol–water partition coefficient (Wildman–Crippen LogP) is 0.735. The molecular formula is C10H14N3O+. The molecule has 0 saturated carbocycles. The van der Waals surface area contributed by atoms with Gasteiger partial charge in [0.2, 0.25) is 11.8 Å². The van der Waals surface area contributed by atoms with E-state index in [1.165, 1.54) is 0 Å². The number of aromatic nitrogens is 3. The third kappa shape index (κ3) is 1.14. The number of hydrogen-bond acceptors (Lipinski definition) is 1. The quantitative estimate of drug-likeness (QED) is 0.665. The van der Waals surface area contributed by atoms with E-state index in [0.29, 0.717) is 0 Å². The summed E-state index contributed by atoms with van der Waals surface area (Å²) in [5.74, 6) is 0. The molecule has 2 rings (SSSR count). The van der Waals surface area contributed by atoms with Crippen molar-refractivity contribution in [3.05, 3.63) is 28.9 Å².